The Bertz CT molecular complexity index is 225. The fourth-order valence-electron chi connectivity index (χ4n) is 2.99. The Morgan fingerprint density at radius 3 is 2.47 bits per heavy atom. The van der Waals surface area contributed by atoms with Gasteiger partial charge in [-0.15, -0.1) is 0 Å². The molecule has 1 fully saturated rings. The van der Waals surface area contributed by atoms with Crippen LogP contribution in [-0.2, 0) is 0 Å². The highest BCUT2D eigenvalue weighted by atomic mass is 15.2. The Morgan fingerprint density at radius 2 is 1.88 bits per heavy atom. The number of likely N-dealkylation sites (tertiary alicyclic amines) is 1. The van der Waals surface area contributed by atoms with Gasteiger partial charge in [0.05, 0.1) is 0 Å². The molecule has 0 aliphatic carbocycles. The van der Waals surface area contributed by atoms with Gasteiger partial charge in [0.1, 0.15) is 0 Å². The molecule has 1 aliphatic rings. The van der Waals surface area contributed by atoms with Gasteiger partial charge in [-0.2, -0.15) is 0 Å². The van der Waals surface area contributed by atoms with Gasteiger partial charge >= 0.3 is 0 Å². The van der Waals surface area contributed by atoms with Crippen molar-refractivity contribution in [1.29, 1.82) is 0 Å². The second-order valence-corrected chi connectivity index (χ2v) is 7.03. The highest BCUT2D eigenvalue weighted by Crippen LogP contribution is 2.28. The van der Waals surface area contributed by atoms with E-state index >= 15 is 0 Å². The minimum atomic E-state index is 0.316. The standard InChI is InChI=1S/C15H32N2/c1-12-9-13(2)14(3)17(10-12)8-6-7-15(4,5)11-16/h12-14H,6-11,16H2,1-5H3. The second-order valence-electron chi connectivity index (χ2n) is 7.03. The molecule has 0 aromatic rings. The first kappa shape index (κ1) is 15.0. The first-order valence-electron chi connectivity index (χ1n) is 7.30. The summed E-state index contributed by atoms with van der Waals surface area (Å²) in [6.45, 7) is 15.1. The van der Waals surface area contributed by atoms with Crippen LogP contribution in [0.3, 0.4) is 0 Å². The first-order chi connectivity index (χ1) is 7.85. The zero-order chi connectivity index (χ0) is 13.1. The normalized spacial score (nSPS) is 31.8. The molecule has 0 aromatic heterocycles. The molecule has 1 aliphatic heterocycles. The maximum Gasteiger partial charge on any atom is 0.00927 e. The van der Waals surface area contributed by atoms with Crippen LogP contribution in [0.15, 0.2) is 0 Å². The molecule has 2 N–H and O–H groups in total. The molecule has 1 rings (SSSR count). The van der Waals surface area contributed by atoms with Crippen molar-refractivity contribution < 1.29 is 0 Å². The molecule has 102 valence electrons. The number of hydrogen-bond acceptors (Lipinski definition) is 2. The summed E-state index contributed by atoms with van der Waals surface area (Å²) in [6.07, 6.45) is 3.93. The predicted octanol–water partition coefficient (Wildman–Crippen LogP) is 3.12. The van der Waals surface area contributed by atoms with E-state index in [2.05, 4.69) is 39.5 Å². The Balaban J connectivity index is 2.35. The third-order valence-corrected chi connectivity index (χ3v) is 4.57. The molecule has 2 heteroatoms. The minimum absolute atomic E-state index is 0.316. The van der Waals surface area contributed by atoms with Gasteiger partial charge in [-0.1, -0.05) is 27.7 Å². The minimum Gasteiger partial charge on any atom is -0.330 e. The highest BCUT2D eigenvalue weighted by molar-refractivity contribution is 4.82. The summed E-state index contributed by atoms with van der Waals surface area (Å²) in [5.74, 6) is 1.71. The average molecular weight is 240 g/mol. The smallest absolute Gasteiger partial charge is 0.00927 e. The lowest BCUT2D eigenvalue weighted by Crippen LogP contribution is -2.46. The van der Waals surface area contributed by atoms with Gasteiger partial charge in [0.25, 0.3) is 0 Å². The summed E-state index contributed by atoms with van der Waals surface area (Å²) in [7, 11) is 0. The van der Waals surface area contributed by atoms with Crippen molar-refractivity contribution in [2.45, 2.75) is 59.9 Å². The zero-order valence-electron chi connectivity index (χ0n) is 12.5. The molecule has 0 bridgehead atoms. The summed E-state index contributed by atoms with van der Waals surface area (Å²) in [4.78, 5) is 2.69. The topological polar surface area (TPSA) is 29.3 Å². The third-order valence-electron chi connectivity index (χ3n) is 4.57. The van der Waals surface area contributed by atoms with Gasteiger partial charge in [0.15, 0.2) is 0 Å². The van der Waals surface area contributed by atoms with E-state index in [4.69, 9.17) is 5.73 Å². The molecule has 17 heavy (non-hydrogen) atoms. The lowest BCUT2D eigenvalue weighted by molar-refractivity contribution is 0.0753. The van der Waals surface area contributed by atoms with E-state index in [-0.39, 0.29) is 0 Å². The molecular weight excluding hydrogens is 208 g/mol. The summed E-state index contributed by atoms with van der Waals surface area (Å²) in [5, 5.41) is 0. The Hall–Kier alpha value is -0.0800. The van der Waals surface area contributed by atoms with Crippen LogP contribution >= 0.6 is 0 Å². The SMILES string of the molecule is CC1CC(C)C(C)N(CCCC(C)(C)CN)C1. The molecule has 2 nitrogen and oxygen atoms in total. The maximum absolute atomic E-state index is 5.78. The number of hydrogen-bond donors (Lipinski definition) is 1. The number of nitrogens with zero attached hydrogens (tertiary/aromatic N) is 1. The molecule has 0 radical (unpaired) electrons. The van der Waals surface area contributed by atoms with Crippen LogP contribution in [-0.4, -0.2) is 30.6 Å². The fraction of sp³-hybridized carbons (Fsp3) is 1.00. The molecule has 3 unspecified atom stereocenters. The summed E-state index contributed by atoms with van der Waals surface area (Å²) in [5.41, 5.74) is 6.10. The maximum atomic E-state index is 5.78. The van der Waals surface area contributed by atoms with Crippen LogP contribution in [0.4, 0.5) is 0 Å². The van der Waals surface area contributed by atoms with Gasteiger partial charge in [-0.3, -0.25) is 0 Å². The predicted molar refractivity (Wildman–Crippen MR) is 76.0 cm³/mol. The summed E-state index contributed by atoms with van der Waals surface area (Å²) in [6, 6.07) is 0.757. The van der Waals surface area contributed by atoms with Crippen LogP contribution < -0.4 is 5.73 Å². The van der Waals surface area contributed by atoms with Crippen molar-refractivity contribution in [2.75, 3.05) is 19.6 Å². The average Bonchev–Trinajstić information content (AvgIpc) is 2.24. The largest absolute Gasteiger partial charge is 0.330 e. The Morgan fingerprint density at radius 1 is 1.24 bits per heavy atom. The molecule has 0 aromatic carbocycles. The lowest BCUT2D eigenvalue weighted by atomic mass is 9.84. The van der Waals surface area contributed by atoms with Crippen LogP contribution in [0.25, 0.3) is 0 Å². The van der Waals surface area contributed by atoms with Crippen molar-refractivity contribution in [3.05, 3.63) is 0 Å². The van der Waals surface area contributed by atoms with E-state index in [1.807, 2.05) is 0 Å². The number of rotatable bonds is 5. The van der Waals surface area contributed by atoms with Crippen LogP contribution in [0.5, 0.6) is 0 Å². The molecular formula is C15H32N2. The Labute approximate surface area is 108 Å². The molecule has 0 spiro atoms. The third kappa shape index (κ3) is 4.59. The first-order valence-corrected chi connectivity index (χ1v) is 7.30. The van der Waals surface area contributed by atoms with Gasteiger partial charge in [0.2, 0.25) is 0 Å². The lowest BCUT2D eigenvalue weighted by Gasteiger charge is -2.41. The van der Waals surface area contributed by atoms with Gasteiger partial charge in [-0.25, -0.2) is 0 Å². The van der Waals surface area contributed by atoms with E-state index in [9.17, 15) is 0 Å². The van der Waals surface area contributed by atoms with Crippen LogP contribution in [0.1, 0.15) is 53.9 Å². The summed E-state index contributed by atoms with van der Waals surface area (Å²) >= 11 is 0. The van der Waals surface area contributed by atoms with E-state index in [0.29, 0.717) is 5.41 Å². The van der Waals surface area contributed by atoms with E-state index in [1.165, 1.54) is 32.4 Å². The fourth-order valence-corrected chi connectivity index (χ4v) is 2.99. The molecule has 3 atom stereocenters. The molecule has 1 saturated heterocycles. The van der Waals surface area contributed by atoms with Crippen molar-refractivity contribution in [1.82, 2.24) is 4.90 Å². The van der Waals surface area contributed by atoms with E-state index in [1.54, 1.807) is 0 Å². The number of piperidine rings is 1. The van der Waals surface area contributed by atoms with Crippen molar-refractivity contribution in [2.24, 2.45) is 23.0 Å². The van der Waals surface area contributed by atoms with E-state index in [0.717, 1.165) is 24.4 Å². The van der Waals surface area contributed by atoms with Crippen molar-refractivity contribution in [3.63, 3.8) is 0 Å². The quantitative estimate of drug-likeness (QED) is 0.800. The molecule has 0 amide bonds. The van der Waals surface area contributed by atoms with Crippen LogP contribution in [0.2, 0.25) is 0 Å². The van der Waals surface area contributed by atoms with Crippen molar-refractivity contribution in [3.8, 4) is 0 Å². The van der Waals surface area contributed by atoms with Crippen LogP contribution in [0, 0.1) is 17.3 Å². The monoisotopic (exact) mass is 240 g/mol. The van der Waals surface area contributed by atoms with E-state index < -0.39 is 0 Å². The zero-order valence-corrected chi connectivity index (χ0v) is 12.5. The highest BCUT2D eigenvalue weighted by Gasteiger charge is 2.28. The number of nitrogens with two attached hydrogens (primary N) is 1. The summed E-state index contributed by atoms with van der Waals surface area (Å²) < 4.78 is 0. The molecule has 1 heterocycles. The van der Waals surface area contributed by atoms with Gasteiger partial charge in [-0.05, 0) is 56.5 Å². The van der Waals surface area contributed by atoms with Crippen molar-refractivity contribution >= 4 is 0 Å². The van der Waals surface area contributed by atoms with Gasteiger partial charge in [0, 0.05) is 12.6 Å². The second kappa shape index (κ2) is 6.19. The molecule has 0 saturated carbocycles. The van der Waals surface area contributed by atoms with Gasteiger partial charge < -0.3 is 10.6 Å². The Kier molecular flexibility index (Phi) is 5.46.